The van der Waals surface area contributed by atoms with E-state index in [9.17, 15) is 4.79 Å². The summed E-state index contributed by atoms with van der Waals surface area (Å²) in [6, 6.07) is 15.6. The predicted molar refractivity (Wildman–Crippen MR) is 114 cm³/mol. The monoisotopic (exact) mass is 404 g/mol. The Morgan fingerprint density at radius 2 is 1.93 bits per heavy atom. The lowest BCUT2D eigenvalue weighted by Crippen LogP contribution is -2.45. The van der Waals surface area contributed by atoms with Crippen LogP contribution in [-0.4, -0.2) is 52.9 Å². The summed E-state index contributed by atoms with van der Waals surface area (Å²) in [4.78, 5) is 15.3. The number of nitrogens with zero attached hydrogens (tertiary/aromatic N) is 3. The van der Waals surface area contributed by atoms with Crippen LogP contribution >= 0.6 is 0 Å². The minimum absolute atomic E-state index is 0.0368. The van der Waals surface area contributed by atoms with E-state index >= 15 is 0 Å². The Kier molecular flexibility index (Phi) is 5.01. The van der Waals surface area contributed by atoms with Gasteiger partial charge >= 0.3 is 0 Å². The summed E-state index contributed by atoms with van der Waals surface area (Å²) in [5.74, 6) is 1.58. The molecule has 1 saturated heterocycles. The molecule has 154 valence electrons. The number of likely N-dealkylation sites (tertiary alicyclic amines) is 1. The van der Waals surface area contributed by atoms with E-state index in [4.69, 9.17) is 9.47 Å². The van der Waals surface area contributed by atoms with Crippen LogP contribution in [0.15, 0.2) is 60.9 Å². The van der Waals surface area contributed by atoms with Gasteiger partial charge in [0, 0.05) is 43.3 Å². The number of carbonyl (C=O) groups is 1. The Morgan fingerprint density at radius 3 is 2.80 bits per heavy atom. The molecule has 7 nitrogen and oxygen atoms in total. The van der Waals surface area contributed by atoms with Crippen LogP contribution in [0.2, 0.25) is 0 Å². The molecular weight excluding hydrogens is 380 g/mol. The van der Waals surface area contributed by atoms with Crippen molar-refractivity contribution in [2.45, 2.75) is 18.9 Å². The topological polar surface area (TPSA) is 68.6 Å². The number of ether oxygens (including phenoxy) is 2. The molecule has 0 bridgehead atoms. The Labute approximate surface area is 175 Å². The maximum absolute atomic E-state index is 13.3. The summed E-state index contributed by atoms with van der Waals surface area (Å²) in [5, 5.41) is 7.85. The van der Waals surface area contributed by atoms with Gasteiger partial charge in [0.25, 0.3) is 5.91 Å². The van der Waals surface area contributed by atoms with Crippen molar-refractivity contribution in [2.24, 2.45) is 0 Å². The summed E-state index contributed by atoms with van der Waals surface area (Å²) in [7, 11) is 0. The average Bonchev–Trinajstić information content (AvgIpc) is 3.34. The van der Waals surface area contributed by atoms with Crippen LogP contribution in [0.5, 0.6) is 11.5 Å². The second kappa shape index (κ2) is 8.10. The molecule has 2 aromatic carbocycles. The molecule has 1 amide bonds. The smallest absolute Gasteiger partial charge is 0.256 e. The van der Waals surface area contributed by atoms with Crippen molar-refractivity contribution in [1.82, 2.24) is 14.7 Å². The number of hydrogen-bond donors (Lipinski definition) is 1. The van der Waals surface area contributed by atoms with Crippen molar-refractivity contribution >= 4 is 11.6 Å². The Bertz CT molecular complexity index is 1030. The number of carbonyl (C=O) groups excluding carboxylic acids is 1. The van der Waals surface area contributed by atoms with E-state index in [-0.39, 0.29) is 11.9 Å². The van der Waals surface area contributed by atoms with Crippen LogP contribution in [0.4, 0.5) is 5.69 Å². The molecule has 2 aliphatic heterocycles. The van der Waals surface area contributed by atoms with Gasteiger partial charge in [0.1, 0.15) is 13.2 Å². The number of aromatic nitrogens is 2. The fraction of sp³-hybridized carbons (Fsp3) is 0.304. The number of hydrogen-bond acceptors (Lipinski definition) is 5. The minimum atomic E-state index is 0.0368. The molecule has 0 radical (unpaired) electrons. The van der Waals surface area contributed by atoms with Crippen molar-refractivity contribution in [3.8, 4) is 17.2 Å². The molecule has 0 aliphatic carbocycles. The lowest BCUT2D eigenvalue weighted by Gasteiger charge is -2.34. The molecule has 1 aromatic heterocycles. The first-order chi connectivity index (χ1) is 14.8. The maximum atomic E-state index is 13.3. The highest BCUT2D eigenvalue weighted by Gasteiger charge is 2.26. The SMILES string of the molecule is O=C(c1ccccc1-n1cccn1)N1CCC[C@H](Nc2ccc3c(c2)OCCO3)C1. The van der Waals surface area contributed by atoms with Gasteiger partial charge in [-0.2, -0.15) is 5.10 Å². The van der Waals surface area contributed by atoms with Crippen LogP contribution in [-0.2, 0) is 0 Å². The van der Waals surface area contributed by atoms with Gasteiger partial charge in [-0.15, -0.1) is 0 Å². The number of anilines is 1. The highest BCUT2D eigenvalue weighted by molar-refractivity contribution is 5.97. The highest BCUT2D eigenvalue weighted by atomic mass is 16.6. The molecule has 1 fully saturated rings. The molecule has 0 spiro atoms. The molecular formula is C23H24N4O3. The Hall–Kier alpha value is -3.48. The third-order valence-corrected chi connectivity index (χ3v) is 5.51. The van der Waals surface area contributed by atoms with E-state index < -0.39 is 0 Å². The van der Waals surface area contributed by atoms with Gasteiger partial charge in [-0.05, 0) is 43.2 Å². The van der Waals surface area contributed by atoms with E-state index in [1.807, 2.05) is 59.6 Å². The molecule has 1 atom stereocenters. The largest absolute Gasteiger partial charge is 0.486 e. The summed E-state index contributed by atoms with van der Waals surface area (Å²) in [6.07, 6.45) is 5.54. The first kappa shape index (κ1) is 18.5. The van der Waals surface area contributed by atoms with Crippen molar-refractivity contribution < 1.29 is 14.3 Å². The predicted octanol–water partition coefficient (Wildman–Crippen LogP) is 3.36. The summed E-state index contributed by atoms with van der Waals surface area (Å²) in [6.45, 7) is 2.56. The van der Waals surface area contributed by atoms with E-state index in [0.717, 1.165) is 42.3 Å². The van der Waals surface area contributed by atoms with Gasteiger partial charge < -0.3 is 19.7 Å². The van der Waals surface area contributed by atoms with Crippen molar-refractivity contribution in [1.29, 1.82) is 0 Å². The normalized spacial score (nSPS) is 18.1. The van der Waals surface area contributed by atoms with E-state index in [0.29, 0.717) is 25.3 Å². The van der Waals surface area contributed by atoms with Crippen molar-refractivity contribution in [3.63, 3.8) is 0 Å². The molecule has 0 unspecified atom stereocenters. The zero-order chi connectivity index (χ0) is 20.3. The zero-order valence-corrected chi connectivity index (χ0v) is 16.7. The number of rotatable bonds is 4. The third kappa shape index (κ3) is 3.70. The van der Waals surface area contributed by atoms with Crippen LogP contribution in [0.1, 0.15) is 23.2 Å². The van der Waals surface area contributed by atoms with Gasteiger partial charge in [-0.1, -0.05) is 12.1 Å². The molecule has 3 heterocycles. The number of amides is 1. The molecule has 0 saturated carbocycles. The standard InChI is InChI=1S/C23H24N4O3/c28-23(19-6-1-2-7-20(19)27-12-4-10-24-27)26-11-3-5-18(16-26)25-17-8-9-21-22(15-17)30-14-13-29-21/h1-2,4,6-10,12,15,18,25H,3,5,11,13-14,16H2/t18-/m0/s1. The Morgan fingerprint density at radius 1 is 1.07 bits per heavy atom. The van der Waals surface area contributed by atoms with Gasteiger partial charge in [-0.3, -0.25) is 4.79 Å². The number of fused-ring (bicyclic) bond motifs is 1. The van der Waals surface area contributed by atoms with E-state index in [1.54, 1.807) is 10.9 Å². The third-order valence-electron chi connectivity index (χ3n) is 5.51. The highest BCUT2D eigenvalue weighted by Crippen LogP contribution is 2.33. The first-order valence-corrected chi connectivity index (χ1v) is 10.3. The molecule has 2 aliphatic rings. The lowest BCUT2D eigenvalue weighted by molar-refractivity contribution is 0.0714. The first-order valence-electron chi connectivity index (χ1n) is 10.3. The molecule has 3 aromatic rings. The van der Waals surface area contributed by atoms with Crippen LogP contribution in [0, 0.1) is 0 Å². The van der Waals surface area contributed by atoms with E-state index in [1.165, 1.54) is 0 Å². The van der Waals surface area contributed by atoms with Crippen molar-refractivity contribution in [3.05, 3.63) is 66.5 Å². The molecule has 5 rings (SSSR count). The fourth-order valence-electron chi connectivity index (χ4n) is 4.08. The van der Waals surface area contributed by atoms with Crippen LogP contribution in [0.3, 0.4) is 0 Å². The van der Waals surface area contributed by atoms with Crippen molar-refractivity contribution in [2.75, 3.05) is 31.6 Å². The average molecular weight is 404 g/mol. The number of piperidine rings is 1. The fourth-order valence-corrected chi connectivity index (χ4v) is 4.08. The van der Waals surface area contributed by atoms with Gasteiger partial charge in [0.2, 0.25) is 0 Å². The van der Waals surface area contributed by atoms with Gasteiger partial charge in [0.15, 0.2) is 11.5 Å². The Balaban J connectivity index is 1.31. The van der Waals surface area contributed by atoms with Gasteiger partial charge in [0.05, 0.1) is 11.3 Å². The second-order valence-electron chi connectivity index (χ2n) is 7.56. The number of nitrogens with one attached hydrogen (secondary N) is 1. The quantitative estimate of drug-likeness (QED) is 0.722. The lowest BCUT2D eigenvalue weighted by atomic mass is 10.0. The molecule has 7 heteroatoms. The summed E-state index contributed by atoms with van der Waals surface area (Å²) < 4.78 is 13.0. The van der Waals surface area contributed by atoms with Crippen LogP contribution in [0.25, 0.3) is 5.69 Å². The minimum Gasteiger partial charge on any atom is -0.486 e. The van der Waals surface area contributed by atoms with Crippen LogP contribution < -0.4 is 14.8 Å². The maximum Gasteiger partial charge on any atom is 0.256 e. The molecule has 1 N–H and O–H groups in total. The van der Waals surface area contributed by atoms with E-state index in [2.05, 4.69) is 10.4 Å². The summed E-state index contributed by atoms with van der Waals surface area (Å²) >= 11 is 0. The summed E-state index contributed by atoms with van der Waals surface area (Å²) in [5.41, 5.74) is 2.45. The second-order valence-corrected chi connectivity index (χ2v) is 7.56. The zero-order valence-electron chi connectivity index (χ0n) is 16.7. The number of benzene rings is 2. The number of para-hydroxylation sites is 1. The van der Waals surface area contributed by atoms with Gasteiger partial charge in [-0.25, -0.2) is 4.68 Å². The molecule has 30 heavy (non-hydrogen) atoms.